The van der Waals surface area contributed by atoms with E-state index in [4.69, 9.17) is 4.74 Å². The molecular weight excluding hydrogens is 585 g/mol. The highest BCUT2D eigenvalue weighted by Crippen LogP contribution is 2.38. The third-order valence-corrected chi connectivity index (χ3v) is 10.5. The summed E-state index contributed by atoms with van der Waals surface area (Å²) >= 11 is 0. The van der Waals surface area contributed by atoms with Gasteiger partial charge in [0, 0.05) is 67.9 Å². The standard InChI is InChI=1S/C30H31F3N4O5S/c31-21-2-3-23(24(32)14-21)19-1-4-28-27(13-19)42-12-8-30(35-29(39)26-15-22(38)18-37(26)43(28,40)41)6-10-36(11-7-30)17-20-5-9-34-16-25(20)33/h1-5,9,13-14,16,22,26,38H,6-8,10-12,15,17-18H2,(H,35,39)/t22-,26+/m1/s1. The monoisotopic (exact) mass is 616 g/mol. The van der Waals surface area contributed by atoms with E-state index < -0.39 is 45.2 Å². The van der Waals surface area contributed by atoms with Gasteiger partial charge in [-0.2, -0.15) is 4.31 Å². The molecule has 2 fully saturated rings. The number of carbonyl (C=O) groups excluding carboxylic acids is 1. The molecule has 1 amide bonds. The highest BCUT2D eigenvalue weighted by molar-refractivity contribution is 7.89. The van der Waals surface area contributed by atoms with Crippen LogP contribution in [0.1, 0.15) is 31.2 Å². The minimum absolute atomic E-state index is 0.0311. The van der Waals surface area contributed by atoms with Gasteiger partial charge in [-0.3, -0.25) is 14.7 Å². The van der Waals surface area contributed by atoms with Crippen molar-refractivity contribution in [1.82, 2.24) is 19.5 Å². The molecule has 1 spiro atoms. The number of nitrogens with zero attached hydrogens (tertiary/aromatic N) is 3. The van der Waals surface area contributed by atoms with Crippen LogP contribution < -0.4 is 10.1 Å². The molecule has 2 aromatic carbocycles. The van der Waals surface area contributed by atoms with Gasteiger partial charge in [0.25, 0.3) is 0 Å². The molecule has 0 aliphatic carbocycles. The first-order chi connectivity index (χ1) is 20.5. The lowest BCUT2D eigenvalue weighted by Crippen LogP contribution is -2.59. The molecule has 2 N–H and O–H groups in total. The molecule has 0 radical (unpaired) electrons. The number of ether oxygens (including phenoxy) is 1. The van der Waals surface area contributed by atoms with Crippen molar-refractivity contribution < 1.29 is 36.2 Å². The van der Waals surface area contributed by atoms with Crippen LogP contribution in [-0.4, -0.2) is 77.5 Å². The van der Waals surface area contributed by atoms with E-state index in [0.717, 1.165) is 16.4 Å². The topological polar surface area (TPSA) is 112 Å². The molecule has 0 bridgehead atoms. The molecule has 3 aliphatic rings. The maximum absolute atomic E-state index is 14.6. The van der Waals surface area contributed by atoms with Gasteiger partial charge in [0.2, 0.25) is 15.9 Å². The first-order valence-corrected chi connectivity index (χ1v) is 15.5. The maximum atomic E-state index is 14.6. The van der Waals surface area contributed by atoms with Crippen LogP contribution >= 0.6 is 0 Å². The van der Waals surface area contributed by atoms with E-state index in [1.165, 1.54) is 36.7 Å². The second-order valence-corrected chi connectivity index (χ2v) is 13.2. The number of likely N-dealkylation sites (tertiary alicyclic amines) is 1. The third-order valence-electron chi connectivity index (χ3n) is 8.60. The summed E-state index contributed by atoms with van der Waals surface area (Å²) in [6.45, 7) is 1.24. The van der Waals surface area contributed by atoms with Gasteiger partial charge in [0.15, 0.2) is 0 Å². The molecule has 3 aromatic rings. The highest BCUT2D eigenvalue weighted by atomic mass is 32.2. The molecule has 9 nitrogen and oxygen atoms in total. The van der Waals surface area contributed by atoms with Crippen LogP contribution in [0.2, 0.25) is 0 Å². The van der Waals surface area contributed by atoms with E-state index in [9.17, 15) is 31.5 Å². The lowest BCUT2D eigenvalue weighted by molar-refractivity contribution is -0.127. The summed E-state index contributed by atoms with van der Waals surface area (Å²) in [5, 5.41) is 13.6. The smallest absolute Gasteiger partial charge is 0.247 e. The van der Waals surface area contributed by atoms with Crippen molar-refractivity contribution in [3.63, 3.8) is 0 Å². The maximum Gasteiger partial charge on any atom is 0.247 e. The SMILES string of the molecule is O=C1NC2(CCOc3cc(-c4ccc(F)cc4F)ccc3S(=O)(=O)N3C[C@H](O)C[C@@H]13)CCN(Cc1ccncc1F)CC2. The number of fused-ring (bicyclic) bond motifs is 2. The van der Waals surface area contributed by atoms with Crippen LogP contribution in [0, 0.1) is 17.5 Å². The number of aliphatic hydroxyl groups excluding tert-OH is 1. The van der Waals surface area contributed by atoms with E-state index in [1.54, 1.807) is 6.07 Å². The van der Waals surface area contributed by atoms with Crippen LogP contribution in [0.3, 0.4) is 0 Å². The molecule has 13 heteroatoms. The number of aromatic nitrogens is 1. The fourth-order valence-corrected chi connectivity index (χ4v) is 7.94. The molecule has 0 unspecified atom stereocenters. The first kappa shape index (κ1) is 29.5. The number of benzene rings is 2. The van der Waals surface area contributed by atoms with Gasteiger partial charge in [0.05, 0.1) is 18.9 Å². The van der Waals surface area contributed by atoms with Crippen molar-refractivity contribution in [2.45, 2.75) is 54.8 Å². The number of rotatable bonds is 3. The van der Waals surface area contributed by atoms with E-state index in [0.29, 0.717) is 50.0 Å². The minimum atomic E-state index is -4.32. The largest absolute Gasteiger partial charge is 0.492 e. The third kappa shape index (κ3) is 5.86. The van der Waals surface area contributed by atoms with Crippen LogP contribution in [0.15, 0.2) is 59.8 Å². The van der Waals surface area contributed by atoms with Gasteiger partial charge in [-0.15, -0.1) is 0 Å². The summed E-state index contributed by atoms with van der Waals surface area (Å²) in [5.74, 6) is -2.47. The molecule has 2 saturated heterocycles. The molecule has 4 heterocycles. The van der Waals surface area contributed by atoms with Gasteiger partial charge in [-0.25, -0.2) is 21.6 Å². The van der Waals surface area contributed by atoms with Gasteiger partial charge in [-0.1, -0.05) is 6.07 Å². The van der Waals surface area contributed by atoms with Crippen LogP contribution in [-0.2, 0) is 21.4 Å². The molecular formula is C30H31F3N4O5S. The summed E-state index contributed by atoms with van der Waals surface area (Å²) in [6.07, 6.45) is 2.96. The molecule has 6 rings (SSSR count). The number of piperidine rings is 1. The second kappa shape index (κ2) is 11.5. The summed E-state index contributed by atoms with van der Waals surface area (Å²) in [7, 11) is -4.32. The Kier molecular flexibility index (Phi) is 7.92. The molecule has 1 aromatic heterocycles. The van der Waals surface area contributed by atoms with Crippen molar-refractivity contribution in [3.8, 4) is 16.9 Å². The van der Waals surface area contributed by atoms with Crippen molar-refractivity contribution in [3.05, 3.63) is 77.9 Å². The number of amides is 1. The fourth-order valence-electron chi connectivity index (χ4n) is 6.19. The molecule has 43 heavy (non-hydrogen) atoms. The number of sulfonamides is 1. The zero-order valence-electron chi connectivity index (χ0n) is 23.2. The summed E-state index contributed by atoms with van der Waals surface area (Å²) in [5.41, 5.74) is 0.144. The van der Waals surface area contributed by atoms with Crippen molar-refractivity contribution in [2.24, 2.45) is 0 Å². The van der Waals surface area contributed by atoms with E-state index in [2.05, 4.69) is 15.2 Å². The highest BCUT2D eigenvalue weighted by Gasteiger charge is 2.47. The van der Waals surface area contributed by atoms with Gasteiger partial charge < -0.3 is 15.2 Å². The number of hydrogen-bond acceptors (Lipinski definition) is 7. The number of hydrogen-bond donors (Lipinski definition) is 2. The van der Waals surface area contributed by atoms with E-state index >= 15 is 0 Å². The zero-order valence-corrected chi connectivity index (χ0v) is 24.0. The Morgan fingerprint density at radius 3 is 2.58 bits per heavy atom. The van der Waals surface area contributed by atoms with Crippen LogP contribution in [0.4, 0.5) is 13.2 Å². The number of carbonyl (C=O) groups is 1. The Balaban J connectivity index is 1.32. The lowest BCUT2D eigenvalue weighted by Gasteiger charge is -2.43. The van der Waals surface area contributed by atoms with Crippen LogP contribution in [0.25, 0.3) is 11.1 Å². The van der Waals surface area contributed by atoms with Gasteiger partial charge >= 0.3 is 0 Å². The molecule has 3 aliphatic heterocycles. The first-order valence-electron chi connectivity index (χ1n) is 14.1. The van der Waals surface area contributed by atoms with Gasteiger partial charge in [0.1, 0.15) is 34.1 Å². The summed E-state index contributed by atoms with van der Waals surface area (Å²) < 4.78 is 77.2. The second-order valence-electron chi connectivity index (χ2n) is 11.4. The average Bonchev–Trinajstić information content (AvgIpc) is 3.38. The van der Waals surface area contributed by atoms with E-state index in [1.807, 2.05) is 0 Å². The van der Waals surface area contributed by atoms with E-state index in [-0.39, 0.29) is 41.6 Å². The van der Waals surface area contributed by atoms with Gasteiger partial charge in [-0.05, 0) is 48.7 Å². The molecule has 2 atom stereocenters. The summed E-state index contributed by atoms with van der Waals surface area (Å²) in [4.78, 5) is 19.3. The number of aliphatic hydroxyl groups is 1. The lowest BCUT2D eigenvalue weighted by atomic mass is 9.84. The normalized spacial score (nSPS) is 24.0. The predicted molar refractivity (Wildman–Crippen MR) is 150 cm³/mol. The Bertz CT molecular complexity index is 1650. The number of pyridine rings is 1. The Morgan fingerprint density at radius 2 is 1.84 bits per heavy atom. The molecule has 228 valence electrons. The Hall–Kier alpha value is -3.52. The number of nitrogens with one attached hydrogen (secondary N) is 1. The Labute approximate surface area is 247 Å². The average molecular weight is 617 g/mol. The molecule has 0 saturated carbocycles. The summed E-state index contributed by atoms with van der Waals surface area (Å²) in [6, 6.07) is 7.70. The van der Waals surface area contributed by atoms with Crippen molar-refractivity contribution in [2.75, 3.05) is 26.2 Å². The fraction of sp³-hybridized carbons (Fsp3) is 0.400. The number of halogens is 3. The minimum Gasteiger partial charge on any atom is -0.492 e. The quantitative estimate of drug-likeness (QED) is 0.465. The predicted octanol–water partition coefficient (Wildman–Crippen LogP) is 3.22. The van der Waals surface area contributed by atoms with Crippen molar-refractivity contribution >= 4 is 15.9 Å². The van der Waals surface area contributed by atoms with Crippen molar-refractivity contribution in [1.29, 1.82) is 0 Å². The zero-order chi connectivity index (χ0) is 30.4. The Morgan fingerprint density at radius 1 is 1.05 bits per heavy atom. The van der Waals surface area contributed by atoms with Crippen LogP contribution in [0.5, 0.6) is 5.75 Å².